The predicted molar refractivity (Wildman–Crippen MR) is 79.9 cm³/mol. The summed E-state index contributed by atoms with van der Waals surface area (Å²) in [4.78, 5) is 44.5. The van der Waals surface area contributed by atoms with E-state index >= 15 is 0 Å². The molecule has 0 saturated heterocycles. The molecule has 2 aliphatic rings. The Hall–Kier alpha value is -3.49. The second-order valence-electron chi connectivity index (χ2n) is 4.11. The number of aliphatic imine (C=N–C) groups is 1. The fraction of sp³-hybridized carbons (Fsp3) is 0.133. The average Bonchev–Trinajstić information content (AvgIpc) is 3.23. The van der Waals surface area contributed by atoms with Crippen LogP contribution >= 0.6 is 0 Å². The lowest BCUT2D eigenvalue weighted by atomic mass is 10.1. The number of rotatable bonds is 2. The Morgan fingerprint density at radius 3 is 1.67 bits per heavy atom. The molecule has 0 amide bonds. The van der Waals surface area contributed by atoms with Gasteiger partial charge in [0.1, 0.15) is 6.61 Å². The highest BCUT2D eigenvalue weighted by Crippen LogP contribution is 2.07. The van der Waals surface area contributed by atoms with Crippen LogP contribution in [0, 0.1) is 0 Å². The van der Waals surface area contributed by atoms with E-state index < -0.39 is 23.9 Å². The standard InChI is InChI=1S/C8H6O4.C4H2O3.C3H5NO/c9-7(10)5-3-1-2-4-6(5)8(11)12;5-3-1-2-4(6)7-3;1-2-5-3-4-1/h1-4H,(H,9,10)(H,11,12);1-2H;3H,1-2H2. The Balaban J connectivity index is 0.000000201. The van der Waals surface area contributed by atoms with E-state index in [1.807, 2.05) is 0 Å². The minimum absolute atomic E-state index is 0.190. The topological polar surface area (TPSA) is 140 Å². The van der Waals surface area contributed by atoms with Gasteiger partial charge in [-0.1, -0.05) is 12.1 Å². The molecule has 126 valence electrons. The number of esters is 2. The molecule has 9 heteroatoms. The smallest absolute Gasteiger partial charge is 0.338 e. The third-order valence-corrected chi connectivity index (χ3v) is 2.43. The third kappa shape index (κ3) is 6.52. The third-order valence-electron chi connectivity index (χ3n) is 2.43. The number of nitrogens with zero attached hydrogens (tertiary/aromatic N) is 1. The van der Waals surface area contributed by atoms with Gasteiger partial charge in [-0.25, -0.2) is 19.2 Å². The Morgan fingerprint density at radius 1 is 0.958 bits per heavy atom. The summed E-state index contributed by atoms with van der Waals surface area (Å²) in [5.74, 6) is -3.61. The fourth-order valence-electron chi connectivity index (χ4n) is 1.42. The van der Waals surface area contributed by atoms with Gasteiger partial charge in [-0.05, 0) is 12.1 Å². The average molecular weight is 335 g/mol. The molecule has 0 aromatic heterocycles. The highest BCUT2D eigenvalue weighted by atomic mass is 16.6. The number of aromatic carboxylic acids is 2. The predicted octanol–water partition coefficient (Wildman–Crippen LogP) is 0.754. The lowest BCUT2D eigenvalue weighted by Crippen LogP contribution is -2.06. The molecule has 9 nitrogen and oxygen atoms in total. The van der Waals surface area contributed by atoms with Gasteiger partial charge in [0.05, 0.1) is 17.7 Å². The first kappa shape index (κ1) is 18.6. The molecule has 0 radical (unpaired) electrons. The van der Waals surface area contributed by atoms with Crippen molar-refractivity contribution in [1.82, 2.24) is 0 Å². The number of hydrogen-bond donors (Lipinski definition) is 2. The van der Waals surface area contributed by atoms with E-state index in [-0.39, 0.29) is 11.1 Å². The summed E-state index contributed by atoms with van der Waals surface area (Å²) in [6.45, 7) is 1.62. The van der Waals surface area contributed by atoms with Crippen LogP contribution in [0.3, 0.4) is 0 Å². The van der Waals surface area contributed by atoms with Crippen molar-refractivity contribution in [3.63, 3.8) is 0 Å². The quantitative estimate of drug-likeness (QED) is 0.596. The fourth-order valence-corrected chi connectivity index (χ4v) is 1.42. The minimum atomic E-state index is -1.23. The van der Waals surface area contributed by atoms with Crippen molar-refractivity contribution in [3.05, 3.63) is 47.5 Å². The van der Waals surface area contributed by atoms with Gasteiger partial charge in [0.15, 0.2) is 6.40 Å². The van der Waals surface area contributed by atoms with Gasteiger partial charge in [0.2, 0.25) is 0 Å². The van der Waals surface area contributed by atoms with Gasteiger partial charge < -0.3 is 19.7 Å². The molecule has 1 aromatic rings. The molecule has 0 aliphatic carbocycles. The van der Waals surface area contributed by atoms with Crippen molar-refractivity contribution in [3.8, 4) is 0 Å². The summed E-state index contributed by atoms with van der Waals surface area (Å²) < 4.78 is 8.62. The Labute approximate surface area is 135 Å². The first-order valence-corrected chi connectivity index (χ1v) is 6.51. The minimum Gasteiger partial charge on any atom is -0.482 e. The molecule has 0 unspecified atom stereocenters. The van der Waals surface area contributed by atoms with Crippen LogP contribution in [-0.2, 0) is 19.1 Å². The van der Waals surface area contributed by atoms with E-state index in [0.29, 0.717) is 0 Å². The van der Waals surface area contributed by atoms with Crippen LogP contribution < -0.4 is 0 Å². The maximum absolute atomic E-state index is 10.5. The maximum atomic E-state index is 10.5. The zero-order chi connectivity index (χ0) is 17.9. The molecule has 3 rings (SSSR count). The highest BCUT2D eigenvalue weighted by Gasteiger charge is 2.13. The summed E-state index contributed by atoms with van der Waals surface area (Å²) in [5, 5.41) is 17.1. The second-order valence-corrected chi connectivity index (χ2v) is 4.11. The number of carboxylic acid groups (broad SMARTS) is 2. The van der Waals surface area contributed by atoms with Crippen LogP contribution in [0.2, 0.25) is 0 Å². The van der Waals surface area contributed by atoms with Crippen molar-refractivity contribution >= 4 is 30.3 Å². The van der Waals surface area contributed by atoms with Gasteiger partial charge in [-0.2, -0.15) is 0 Å². The molecular weight excluding hydrogens is 322 g/mol. The molecule has 2 N–H and O–H groups in total. The van der Waals surface area contributed by atoms with Crippen molar-refractivity contribution in [1.29, 1.82) is 0 Å². The lowest BCUT2D eigenvalue weighted by Gasteiger charge is -1.98. The van der Waals surface area contributed by atoms with Crippen LogP contribution in [0.15, 0.2) is 41.4 Å². The second kappa shape index (κ2) is 9.51. The monoisotopic (exact) mass is 335 g/mol. The van der Waals surface area contributed by atoms with Crippen molar-refractivity contribution in [2.75, 3.05) is 13.2 Å². The van der Waals surface area contributed by atoms with Crippen LogP contribution in [-0.4, -0.2) is 53.6 Å². The molecule has 1 aromatic carbocycles. The number of benzene rings is 1. The Bertz CT molecular complexity index is 637. The zero-order valence-electron chi connectivity index (χ0n) is 12.2. The molecule has 0 saturated carbocycles. The first-order valence-electron chi connectivity index (χ1n) is 6.51. The van der Waals surface area contributed by atoms with Crippen LogP contribution in [0.5, 0.6) is 0 Å². The van der Waals surface area contributed by atoms with Gasteiger partial charge in [0.25, 0.3) is 0 Å². The van der Waals surface area contributed by atoms with E-state index in [2.05, 4.69) is 14.5 Å². The number of carbonyl (C=O) groups excluding carboxylic acids is 2. The van der Waals surface area contributed by atoms with E-state index in [1.165, 1.54) is 30.7 Å². The number of carboxylic acids is 2. The van der Waals surface area contributed by atoms with Crippen LogP contribution in [0.4, 0.5) is 0 Å². The summed E-state index contributed by atoms with van der Waals surface area (Å²) >= 11 is 0. The molecule has 0 spiro atoms. The van der Waals surface area contributed by atoms with Crippen LogP contribution in [0.1, 0.15) is 20.7 Å². The summed E-state index contributed by atoms with van der Waals surface area (Å²) in [7, 11) is 0. The molecule has 0 bridgehead atoms. The molecule has 0 fully saturated rings. The maximum Gasteiger partial charge on any atom is 0.338 e. The lowest BCUT2D eigenvalue weighted by molar-refractivity contribution is -0.150. The number of carbonyl (C=O) groups is 4. The van der Waals surface area contributed by atoms with Crippen molar-refractivity contribution in [2.45, 2.75) is 0 Å². The summed E-state index contributed by atoms with van der Waals surface area (Å²) in [6.07, 6.45) is 3.66. The van der Waals surface area contributed by atoms with Gasteiger partial charge in [-0.3, -0.25) is 4.99 Å². The Kier molecular flexibility index (Phi) is 7.36. The highest BCUT2D eigenvalue weighted by molar-refractivity contribution is 6.05. The SMILES string of the molecule is C1=NCCO1.O=C(O)c1ccccc1C(=O)O.O=C1C=CC(=O)O1. The molecule has 2 heterocycles. The van der Waals surface area contributed by atoms with Crippen molar-refractivity contribution in [2.24, 2.45) is 4.99 Å². The van der Waals surface area contributed by atoms with E-state index in [9.17, 15) is 19.2 Å². The van der Waals surface area contributed by atoms with Gasteiger partial charge in [0, 0.05) is 12.2 Å². The molecule has 0 atom stereocenters. The van der Waals surface area contributed by atoms with Gasteiger partial charge in [-0.15, -0.1) is 0 Å². The van der Waals surface area contributed by atoms with E-state index in [0.717, 1.165) is 25.3 Å². The van der Waals surface area contributed by atoms with Gasteiger partial charge >= 0.3 is 23.9 Å². The van der Waals surface area contributed by atoms with E-state index in [4.69, 9.17) is 10.2 Å². The number of hydrogen-bond acceptors (Lipinski definition) is 7. The number of ether oxygens (including phenoxy) is 2. The Morgan fingerprint density at radius 2 is 1.46 bits per heavy atom. The largest absolute Gasteiger partial charge is 0.482 e. The normalized spacial score (nSPS) is 13.8. The zero-order valence-corrected chi connectivity index (χ0v) is 12.2. The molecule has 24 heavy (non-hydrogen) atoms. The summed E-state index contributed by atoms with van der Waals surface area (Å²) in [5.41, 5.74) is -0.380. The first-order chi connectivity index (χ1) is 11.4. The molecular formula is C15H13NO8. The summed E-state index contributed by atoms with van der Waals surface area (Å²) in [6, 6.07) is 5.48. The van der Waals surface area contributed by atoms with Crippen LogP contribution in [0.25, 0.3) is 0 Å². The van der Waals surface area contributed by atoms with E-state index in [1.54, 1.807) is 0 Å². The van der Waals surface area contributed by atoms with Crippen molar-refractivity contribution < 1.29 is 38.9 Å². The number of cyclic esters (lactones) is 2. The molecule has 2 aliphatic heterocycles.